The molecule has 0 bridgehead atoms. The predicted molar refractivity (Wildman–Crippen MR) is 134 cm³/mol. The smallest absolute Gasteiger partial charge is 0.337 e. The van der Waals surface area contributed by atoms with Crippen LogP contribution in [-0.2, 0) is 11.8 Å². The van der Waals surface area contributed by atoms with Gasteiger partial charge in [0.05, 0.1) is 18.7 Å². The Labute approximate surface area is 212 Å². The van der Waals surface area contributed by atoms with Crippen LogP contribution < -0.4 is 10.1 Å². The minimum Gasteiger partial charge on any atom is -0.465 e. The minimum atomic E-state index is -2.99. The van der Waals surface area contributed by atoms with Crippen LogP contribution in [0.4, 0.5) is 8.78 Å². The summed E-state index contributed by atoms with van der Waals surface area (Å²) in [4.78, 5) is 24.9. The van der Waals surface area contributed by atoms with Crippen molar-refractivity contribution in [2.75, 3.05) is 7.11 Å². The first-order valence-electron chi connectivity index (χ1n) is 11.5. The lowest BCUT2D eigenvalue weighted by atomic mass is 10.1. The van der Waals surface area contributed by atoms with E-state index in [-0.39, 0.29) is 11.4 Å². The van der Waals surface area contributed by atoms with E-state index in [1.165, 1.54) is 14.2 Å². The maximum absolute atomic E-state index is 13.9. The van der Waals surface area contributed by atoms with E-state index < -0.39 is 30.0 Å². The topological polar surface area (TPSA) is 82.5 Å². The molecule has 190 valence electrons. The molecular weight excluding hydrogens is 480 g/mol. The number of hydrogen-bond acceptors (Lipinski definition) is 5. The molecule has 1 amide bonds. The first-order chi connectivity index (χ1) is 17.8. The zero-order valence-corrected chi connectivity index (χ0v) is 20.4. The maximum Gasteiger partial charge on any atom is 0.337 e. The van der Waals surface area contributed by atoms with E-state index in [9.17, 15) is 18.4 Å². The minimum absolute atomic E-state index is 0.105. The Bertz CT molecular complexity index is 1400. The number of alkyl halides is 2. The van der Waals surface area contributed by atoms with Crippen molar-refractivity contribution in [2.45, 2.75) is 19.4 Å². The van der Waals surface area contributed by atoms with Crippen LogP contribution in [0.1, 0.15) is 51.4 Å². The highest BCUT2D eigenvalue weighted by Gasteiger charge is 2.30. The lowest BCUT2D eigenvalue weighted by molar-refractivity contribution is 0.0600. The highest BCUT2D eigenvalue weighted by Crippen LogP contribution is 2.34. The van der Waals surface area contributed by atoms with E-state index in [2.05, 4.69) is 15.2 Å². The Balaban J connectivity index is 1.61. The molecule has 4 aromatic rings. The summed E-state index contributed by atoms with van der Waals surface area (Å²) in [5, 5.41) is 6.58. The number of ether oxygens (including phenoxy) is 2. The number of hydrogen-bond donors (Lipinski definition) is 1. The molecule has 0 aliphatic carbocycles. The number of methoxy groups -OCH3 is 1. The molecule has 0 saturated heterocycles. The number of halogens is 2. The molecule has 4 rings (SSSR count). The number of nitrogens with zero attached hydrogens (tertiary/aromatic N) is 2. The Morgan fingerprint density at radius 3 is 2.27 bits per heavy atom. The van der Waals surface area contributed by atoms with Crippen molar-refractivity contribution in [2.24, 2.45) is 7.05 Å². The van der Waals surface area contributed by atoms with Crippen LogP contribution >= 0.6 is 0 Å². The summed E-state index contributed by atoms with van der Waals surface area (Å²) in [6.45, 7) is 1.70. The van der Waals surface area contributed by atoms with Crippen LogP contribution in [0.2, 0.25) is 0 Å². The molecule has 0 radical (unpaired) electrons. The number of esters is 1. The van der Waals surface area contributed by atoms with E-state index in [0.717, 1.165) is 15.8 Å². The monoisotopic (exact) mass is 505 g/mol. The molecule has 1 aromatic heterocycles. The fourth-order valence-corrected chi connectivity index (χ4v) is 3.87. The Kier molecular flexibility index (Phi) is 7.62. The SMILES string of the molecule is COC(=O)c1ccc(C(C)NC(=O)c2c(C(F)F)nn(C)c2Oc2cccc(-c3ccccc3)c2)cc1. The van der Waals surface area contributed by atoms with Gasteiger partial charge in [0, 0.05) is 7.05 Å². The Hall–Kier alpha value is -4.53. The molecule has 1 atom stereocenters. The van der Waals surface area contributed by atoms with Crippen molar-refractivity contribution in [1.29, 1.82) is 0 Å². The van der Waals surface area contributed by atoms with Crippen LogP contribution in [0.5, 0.6) is 11.6 Å². The molecule has 7 nitrogen and oxygen atoms in total. The fraction of sp³-hybridized carbons (Fsp3) is 0.179. The van der Waals surface area contributed by atoms with Gasteiger partial charge < -0.3 is 14.8 Å². The molecule has 1 N–H and O–H groups in total. The number of carbonyl (C=O) groups excluding carboxylic acids is 2. The molecule has 0 fully saturated rings. The number of aryl methyl sites for hydroxylation is 1. The summed E-state index contributed by atoms with van der Waals surface area (Å²) in [5.41, 5.74) is 1.82. The standard InChI is InChI=1S/C28H25F2N3O4/c1-17(18-12-14-20(15-13-18)28(35)36-3)31-26(34)23-24(25(29)30)32-33(2)27(23)37-22-11-7-10-21(16-22)19-8-5-4-6-9-19/h4-17,25H,1-3H3,(H,31,34). The largest absolute Gasteiger partial charge is 0.465 e. The quantitative estimate of drug-likeness (QED) is 0.293. The average molecular weight is 506 g/mol. The highest BCUT2D eigenvalue weighted by molar-refractivity contribution is 5.98. The van der Waals surface area contributed by atoms with Gasteiger partial charge in [0.2, 0.25) is 5.88 Å². The summed E-state index contributed by atoms with van der Waals surface area (Å²) < 4.78 is 39.5. The van der Waals surface area contributed by atoms with E-state index in [1.807, 2.05) is 36.4 Å². The fourth-order valence-electron chi connectivity index (χ4n) is 3.87. The van der Waals surface area contributed by atoms with Gasteiger partial charge in [-0.05, 0) is 47.9 Å². The lowest BCUT2D eigenvalue weighted by Crippen LogP contribution is -2.27. The first kappa shape index (κ1) is 25.6. The van der Waals surface area contributed by atoms with Crippen molar-refractivity contribution in [3.63, 3.8) is 0 Å². The first-order valence-corrected chi connectivity index (χ1v) is 11.5. The third kappa shape index (κ3) is 5.66. The van der Waals surface area contributed by atoms with Gasteiger partial charge in [0.15, 0.2) is 0 Å². The number of carbonyl (C=O) groups is 2. The van der Waals surface area contributed by atoms with Gasteiger partial charge in [-0.25, -0.2) is 18.3 Å². The summed E-state index contributed by atoms with van der Waals surface area (Å²) in [5.74, 6) is -0.989. The van der Waals surface area contributed by atoms with Crippen LogP contribution in [0.25, 0.3) is 11.1 Å². The molecule has 0 aliphatic heterocycles. The van der Waals surface area contributed by atoms with Crippen LogP contribution in [0.3, 0.4) is 0 Å². The van der Waals surface area contributed by atoms with Gasteiger partial charge in [0.1, 0.15) is 17.0 Å². The predicted octanol–water partition coefficient (Wildman–Crippen LogP) is 6.09. The molecule has 0 aliphatic rings. The molecule has 9 heteroatoms. The molecular formula is C28H25F2N3O4. The number of amides is 1. The molecule has 0 saturated carbocycles. The molecule has 3 aromatic carbocycles. The Morgan fingerprint density at radius 1 is 0.946 bits per heavy atom. The van der Waals surface area contributed by atoms with E-state index in [4.69, 9.17) is 4.74 Å². The second kappa shape index (κ2) is 11.0. The van der Waals surface area contributed by atoms with Gasteiger partial charge in [0.25, 0.3) is 12.3 Å². The number of aromatic nitrogens is 2. The molecule has 37 heavy (non-hydrogen) atoms. The van der Waals surface area contributed by atoms with Crippen LogP contribution in [0.15, 0.2) is 78.9 Å². The summed E-state index contributed by atoms with van der Waals surface area (Å²) in [6.07, 6.45) is -2.99. The van der Waals surface area contributed by atoms with Crippen LogP contribution in [-0.4, -0.2) is 28.8 Å². The van der Waals surface area contributed by atoms with Gasteiger partial charge >= 0.3 is 5.97 Å². The number of nitrogens with one attached hydrogen (secondary N) is 1. The van der Waals surface area contributed by atoms with Crippen molar-refractivity contribution >= 4 is 11.9 Å². The normalized spacial score (nSPS) is 11.7. The second-order valence-electron chi connectivity index (χ2n) is 8.29. The van der Waals surface area contributed by atoms with Gasteiger partial charge in [-0.15, -0.1) is 0 Å². The van der Waals surface area contributed by atoms with Crippen molar-refractivity contribution < 1.29 is 27.8 Å². The van der Waals surface area contributed by atoms with E-state index in [0.29, 0.717) is 16.9 Å². The van der Waals surface area contributed by atoms with Gasteiger partial charge in [-0.1, -0.05) is 54.6 Å². The lowest BCUT2D eigenvalue weighted by Gasteiger charge is -2.16. The van der Waals surface area contributed by atoms with Crippen molar-refractivity contribution in [1.82, 2.24) is 15.1 Å². The highest BCUT2D eigenvalue weighted by atomic mass is 19.3. The Morgan fingerprint density at radius 2 is 1.62 bits per heavy atom. The zero-order chi connectivity index (χ0) is 26.5. The van der Waals surface area contributed by atoms with E-state index >= 15 is 0 Å². The van der Waals surface area contributed by atoms with Crippen molar-refractivity contribution in [3.8, 4) is 22.8 Å². The zero-order valence-electron chi connectivity index (χ0n) is 20.4. The van der Waals surface area contributed by atoms with Gasteiger partial charge in [-0.2, -0.15) is 5.10 Å². The third-order valence-corrected chi connectivity index (χ3v) is 5.79. The second-order valence-corrected chi connectivity index (χ2v) is 8.29. The molecule has 1 heterocycles. The van der Waals surface area contributed by atoms with Crippen LogP contribution in [0, 0.1) is 0 Å². The average Bonchev–Trinajstić information content (AvgIpc) is 3.25. The van der Waals surface area contributed by atoms with E-state index in [1.54, 1.807) is 49.4 Å². The van der Waals surface area contributed by atoms with Gasteiger partial charge in [-0.3, -0.25) is 4.79 Å². The maximum atomic E-state index is 13.9. The summed E-state index contributed by atoms with van der Waals surface area (Å²) in [6, 6.07) is 22.6. The third-order valence-electron chi connectivity index (χ3n) is 5.79. The summed E-state index contributed by atoms with van der Waals surface area (Å²) >= 11 is 0. The molecule has 0 spiro atoms. The summed E-state index contributed by atoms with van der Waals surface area (Å²) in [7, 11) is 2.72. The molecule has 1 unspecified atom stereocenters. The number of rotatable bonds is 8. The van der Waals surface area contributed by atoms with Crippen molar-refractivity contribution in [3.05, 3.63) is 101 Å². The number of benzene rings is 3.